The molecule has 1 aromatic rings. The summed E-state index contributed by atoms with van der Waals surface area (Å²) in [6, 6.07) is 7.26. The Hall–Kier alpha value is -1.85. The van der Waals surface area contributed by atoms with E-state index >= 15 is 0 Å². The van der Waals surface area contributed by atoms with Crippen LogP contribution in [0.2, 0.25) is 0 Å². The summed E-state index contributed by atoms with van der Waals surface area (Å²) in [5, 5.41) is 3.38. The zero-order chi connectivity index (χ0) is 17.0. The molecule has 1 aliphatic carbocycles. The van der Waals surface area contributed by atoms with Crippen molar-refractivity contribution in [3.63, 3.8) is 0 Å². The number of halogens is 2. The van der Waals surface area contributed by atoms with Gasteiger partial charge in [-0.05, 0) is 42.4 Å². The molecule has 6 heteroatoms. The highest BCUT2D eigenvalue weighted by atomic mass is 19.3. The largest absolute Gasteiger partial charge is 0.488 e. The molecular weight excluding hydrogens is 312 g/mol. The molecular formula is C18H25F2N3O. The molecule has 132 valence electrons. The normalized spacial score (nSPS) is 19.7. The fourth-order valence-corrected chi connectivity index (χ4v) is 3.62. The summed E-state index contributed by atoms with van der Waals surface area (Å²) in [6.45, 7) is 2.16. The van der Waals surface area contributed by atoms with Gasteiger partial charge in [0.1, 0.15) is 12.4 Å². The first-order valence-electron chi connectivity index (χ1n) is 8.56. The third-order valence-corrected chi connectivity index (χ3v) is 5.09. The molecule has 0 radical (unpaired) electrons. The molecule has 3 rings (SSSR count). The highest BCUT2D eigenvalue weighted by Gasteiger charge is 2.43. The van der Waals surface area contributed by atoms with Crippen LogP contribution in [0.25, 0.3) is 0 Å². The molecule has 0 unspecified atom stereocenters. The van der Waals surface area contributed by atoms with Crippen LogP contribution >= 0.6 is 0 Å². The van der Waals surface area contributed by atoms with E-state index in [-0.39, 0.29) is 0 Å². The van der Waals surface area contributed by atoms with E-state index in [4.69, 9.17) is 4.74 Å². The predicted octanol–water partition coefficient (Wildman–Crippen LogP) is 3.28. The number of rotatable bonds is 5. The van der Waals surface area contributed by atoms with Crippen molar-refractivity contribution in [2.45, 2.75) is 38.7 Å². The number of ether oxygens (including phenoxy) is 1. The number of hydrogen-bond donors (Lipinski definition) is 1. The quantitative estimate of drug-likeness (QED) is 0.662. The van der Waals surface area contributed by atoms with E-state index in [0.29, 0.717) is 17.7 Å². The minimum Gasteiger partial charge on any atom is -0.488 e. The molecule has 4 nitrogen and oxygen atoms in total. The lowest BCUT2D eigenvalue weighted by molar-refractivity contribution is 0.0818. The van der Waals surface area contributed by atoms with Crippen LogP contribution in [0.4, 0.5) is 8.78 Å². The van der Waals surface area contributed by atoms with Gasteiger partial charge in [-0.3, -0.25) is 4.99 Å². The number of hydrogen-bond acceptors (Lipinski definition) is 2. The first kappa shape index (κ1) is 17.0. The molecule has 1 aromatic carbocycles. The van der Waals surface area contributed by atoms with Crippen LogP contribution in [-0.4, -0.2) is 44.0 Å². The maximum atomic E-state index is 12.2. The topological polar surface area (TPSA) is 36.9 Å². The van der Waals surface area contributed by atoms with Gasteiger partial charge < -0.3 is 15.0 Å². The molecule has 2 aliphatic rings. The van der Waals surface area contributed by atoms with Gasteiger partial charge in [0, 0.05) is 26.7 Å². The number of nitrogens with one attached hydrogen (secondary N) is 1. The average Bonchev–Trinajstić information content (AvgIpc) is 3.00. The minimum absolute atomic E-state index is 0.471. The number of guanidine groups is 1. The van der Waals surface area contributed by atoms with E-state index < -0.39 is 13.0 Å². The molecule has 0 amide bonds. The van der Waals surface area contributed by atoms with Gasteiger partial charge in [0.15, 0.2) is 5.96 Å². The summed E-state index contributed by atoms with van der Waals surface area (Å²) < 4.78 is 29.5. The van der Waals surface area contributed by atoms with Crippen LogP contribution in [0.15, 0.2) is 29.3 Å². The van der Waals surface area contributed by atoms with Gasteiger partial charge in [0.2, 0.25) is 0 Å². The van der Waals surface area contributed by atoms with Crippen molar-refractivity contribution in [1.29, 1.82) is 0 Å². The van der Waals surface area contributed by atoms with Gasteiger partial charge in [0.05, 0.1) is 0 Å². The molecule has 24 heavy (non-hydrogen) atoms. The predicted molar refractivity (Wildman–Crippen MR) is 90.6 cm³/mol. The molecule has 0 bridgehead atoms. The Balaban J connectivity index is 1.53. The molecule has 1 saturated carbocycles. The Morgan fingerprint density at radius 3 is 2.83 bits per heavy atom. The van der Waals surface area contributed by atoms with Crippen molar-refractivity contribution in [2.24, 2.45) is 10.4 Å². The van der Waals surface area contributed by atoms with Gasteiger partial charge in [-0.15, -0.1) is 0 Å². The van der Waals surface area contributed by atoms with E-state index in [9.17, 15) is 8.78 Å². The number of nitrogens with zero attached hydrogens (tertiary/aromatic N) is 2. The Morgan fingerprint density at radius 1 is 1.38 bits per heavy atom. The number of likely N-dealkylation sites (tertiary alicyclic amines) is 1. The first-order chi connectivity index (χ1) is 11.6. The van der Waals surface area contributed by atoms with Crippen LogP contribution in [0, 0.1) is 5.41 Å². The maximum Gasteiger partial charge on any atom is 0.272 e. The molecule has 1 heterocycles. The minimum atomic E-state index is -2.46. The van der Waals surface area contributed by atoms with Crippen LogP contribution in [0.5, 0.6) is 5.75 Å². The monoisotopic (exact) mass is 337 g/mol. The molecule has 0 aromatic heterocycles. The second-order valence-corrected chi connectivity index (χ2v) is 6.78. The highest BCUT2D eigenvalue weighted by molar-refractivity contribution is 5.80. The lowest BCUT2D eigenvalue weighted by Crippen LogP contribution is -2.42. The van der Waals surface area contributed by atoms with Crippen molar-refractivity contribution in [3.8, 4) is 5.75 Å². The number of benzene rings is 1. The molecule has 1 spiro atoms. The van der Waals surface area contributed by atoms with Crippen LogP contribution in [0.3, 0.4) is 0 Å². The van der Waals surface area contributed by atoms with E-state index in [1.54, 1.807) is 19.2 Å². The SMILES string of the molecule is CN=C(NCc1cccc(OCC(F)F)c1)N1CCC2(CCC2)C1. The summed E-state index contributed by atoms with van der Waals surface area (Å²) in [4.78, 5) is 6.72. The molecule has 2 fully saturated rings. The third kappa shape index (κ3) is 3.97. The van der Waals surface area contributed by atoms with Gasteiger partial charge in [-0.1, -0.05) is 18.6 Å². The zero-order valence-electron chi connectivity index (χ0n) is 14.1. The van der Waals surface area contributed by atoms with Crippen molar-refractivity contribution in [3.05, 3.63) is 29.8 Å². The summed E-state index contributed by atoms with van der Waals surface area (Å²) in [7, 11) is 1.80. The van der Waals surface area contributed by atoms with Crippen molar-refractivity contribution in [1.82, 2.24) is 10.2 Å². The fourth-order valence-electron chi connectivity index (χ4n) is 3.62. The third-order valence-electron chi connectivity index (χ3n) is 5.09. The van der Waals surface area contributed by atoms with E-state index in [1.165, 1.54) is 25.7 Å². The van der Waals surface area contributed by atoms with E-state index in [1.807, 2.05) is 12.1 Å². The van der Waals surface area contributed by atoms with Crippen LogP contribution in [0.1, 0.15) is 31.2 Å². The number of aliphatic imine (C=N–C) groups is 1. The van der Waals surface area contributed by atoms with E-state index in [2.05, 4.69) is 15.2 Å². The standard InChI is InChI=1S/C18H25F2N3O/c1-21-17(23-9-8-18(13-23)6-3-7-18)22-11-14-4-2-5-15(10-14)24-12-16(19)20/h2,4-5,10,16H,3,6-9,11-13H2,1H3,(H,21,22). The van der Waals surface area contributed by atoms with Crippen LogP contribution < -0.4 is 10.1 Å². The summed E-state index contributed by atoms with van der Waals surface area (Å²) in [5.74, 6) is 1.39. The van der Waals surface area contributed by atoms with Crippen LogP contribution in [-0.2, 0) is 6.54 Å². The Morgan fingerprint density at radius 2 is 2.21 bits per heavy atom. The maximum absolute atomic E-state index is 12.2. The Labute approximate surface area is 141 Å². The van der Waals surface area contributed by atoms with Crippen molar-refractivity contribution < 1.29 is 13.5 Å². The number of alkyl halides is 2. The van der Waals surface area contributed by atoms with E-state index in [0.717, 1.165) is 24.6 Å². The lowest BCUT2D eigenvalue weighted by Gasteiger charge is -2.38. The Kier molecular flexibility index (Phi) is 5.21. The molecule has 0 atom stereocenters. The van der Waals surface area contributed by atoms with Crippen molar-refractivity contribution in [2.75, 3.05) is 26.7 Å². The Bertz CT molecular complexity index is 587. The second-order valence-electron chi connectivity index (χ2n) is 6.78. The first-order valence-corrected chi connectivity index (χ1v) is 8.56. The molecule has 1 N–H and O–H groups in total. The average molecular weight is 337 g/mol. The molecule has 1 aliphatic heterocycles. The van der Waals surface area contributed by atoms with Gasteiger partial charge in [0.25, 0.3) is 6.43 Å². The van der Waals surface area contributed by atoms with Gasteiger partial charge in [-0.25, -0.2) is 8.78 Å². The summed E-state index contributed by atoms with van der Waals surface area (Å²) in [5.41, 5.74) is 1.51. The zero-order valence-corrected chi connectivity index (χ0v) is 14.1. The highest BCUT2D eigenvalue weighted by Crippen LogP contribution is 2.47. The smallest absolute Gasteiger partial charge is 0.272 e. The lowest BCUT2D eigenvalue weighted by atomic mass is 9.68. The second kappa shape index (κ2) is 7.36. The molecule has 1 saturated heterocycles. The summed E-state index contributed by atoms with van der Waals surface area (Å²) >= 11 is 0. The fraction of sp³-hybridized carbons (Fsp3) is 0.611. The van der Waals surface area contributed by atoms with Gasteiger partial charge >= 0.3 is 0 Å². The summed E-state index contributed by atoms with van der Waals surface area (Å²) in [6.07, 6.45) is 2.82. The van der Waals surface area contributed by atoms with Gasteiger partial charge in [-0.2, -0.15) is 0 Å². The van der Waals surface area contributed by atoms with Crippen molar-refractivity contribution >= 4 is 5.96 Å².